The summed E-state index contributed by atoms with van der Waals surface area (Å²) >= 11 is 0. The summed E-state index contributed by atoms with van der Waals surface area (Å²) in [7, 11) is 0. The largest absolute Gasteiger partial charge is 0.362 e. The van der Waals surface area contributed by atoms with Crippen molar-refractivity contribution in [1.29, 1.82) is 0 Å². The molecule has 0 aromatic heterocycles. The molecule has 1 atom stereocenters. The normalized spacial score (nSPS) is 18.9. The maximum atomic E-state index is 12.8. The minimum Gasteiger partial charge on any atom is -0.362 e. The van der Waals surface area contributed by atoms with Gasteiger partial charge in [0.05, 0.1) is 4.92 Å². The van der Waals surface area contributed by atoms with Gasteiger partial charge in [-0.25, -0.2) is 0 Å². The third-order valence-corrected chi connectivity index (χ3v) is 6.86. The Morgan fingerprint density at radius 1 is 1.06 bits per heavy atom. The summed E-state index contributed by atoms with van der Waals surface area (Å²) in [6, 6.07) is 12.3. The molecule has 186 valence electrons. The van der Waals surface area contributed by atoms with Crippen molar-refractivity contribution >= 4 is 28.9 Å². The average molecular weight is 480 g/mol. The fourth-order valence-corrected chi connectivity index (χ4v) is 4.93. The van der Waals surface area contributed by atoms with E-state index >= 15 is 0 Å². The fraction of sp³-hybridized carbons (Fsp3) is 0.462. The Morgan fingerprint density at radius 3 is 2.40 bits per heavy atom. The van der Waals surface area contributed by atoms with Crippen LogP contribution >= 0.6 is 0 Å². The first-order chi connectivity index (χ1) is 16.8. The van der Waals surface area contributed by atoms with Crippen LogP contribution in [0.4, 0.5) is 17.1 Å². The van der Waals surface area contributed by atoms with E-state index in [1.54, 1.807) is 17.0 Å². The van der Waals surface area contributed by atoms with Crippen molar-refractivity contribution in [2.45, 2.75) is 33.2 Å². The predicted octanol–water partition coefficient (Wildman–Crippen LogP) is 3.75. The number of nitrogens with one attached hydrogen (secondary N) is 1. The molecule has 2 fully saturated rings. The van der Waals surface area contributed by atoms with Gasteiger partial charge < -0.3 is 15.1 Å². The van der Waals surface area contributed by atoms with E-state index in [1.165, 1.54) is 31.4 Å². The number of rotatable bonds is 6. The number of amides is 2. The third-order valence-electron chi connectivity index (χ3n) is 6.86. The van der Waals surface area contributed by atoms with Crippen molar-refractivity contribution in [2.24, 2.45) is 5.92 Å². The second kappa shape index (κ2) is 10.9. The molecular weight excluding hydrogens is 446 g/mol. The lowest BCUT2D eigenvalue weighted by atomic mass is 10.00. The lowest BCUT2D eigenvalue weighted by Gasteiger charge is -2.35. The topological polar surface area (TPSA) is 99.0 Å². The van der Waals surface area contributed by atoms with Gasteiger partial charge in [-0.1, -0.05) is 19.1 Å². The van der Waals surface area contributed by atoms with Crippen molar-refractivity contribution in [1.82, 2.24) is 9.80 Å². The first-order valence-corrected chi connectivity index (χ1v) is 12.2. The number of carbonyl (C=O) groups is 2. The van der Waals surface area contributed by atoms with Crippen LogP contribution in [0, 0.1) is 16.0 Å². The van der Waals surface area contributed by atoms with E-state index in [2.05, 4.69) is 17.1 Å². The smallest absolute Gasteiger partial charge is 0.293 e. The first kappa shape index (κ1) is 24.7. The molecule has 2 aliphatic rings. The van der Waals surface area contributed by atoms with Gasteiger partial charge in [0, 0.05) is 63.5 Å². The Kier molecular flexibility index (Phi) is 7.65. The Hall–Kier alpha value is -3.46. The summed E-state index contributed by atoms with van der Waals surface area (Å²) < 4.78 is 0. The van der Waals surface area contributed by atoms with Crippen LogP contribution in [0.5, 0.6) is 0 Å². The van der Waals surface area contributed by atoms with Crippen molar-refractivity contribution < 1.29 is 14.5 Å². The summed E-state index contributed by atoms with van der Waals surface area (Å²) in [6.45, 7) is 8.98. The van der Waals surface area contributed by atoms with Crippen LogP contribution in [-0.4, -0.2) is 65.8 Å². The van der Waals surface area contributed by atoms with Gasteiger partial charge in [0.1, 0.15) is 5.69 Å². The Bertz CT molecular complexity index is 1080. The number of nitro benzene ring substituents is 1. The van der Waals surface area contributed by atoms with E-state index in [9.17, 15) is 19.7 Å². The van der Waals surface area contributed by atoms with Crippen molar-refractivity contribution in [3.8, 4) is 0 Å². The minimum absolute atomic E-state index is 0.000273. The number of nitro groups is 1. The van der Waals surface area contributed by atoms with Gasteiger partial charge in [-0.3, -0.25) is 24.6 Å². The summed E-state index contributed by atoms with van der Waals surface area (Å²) in [6.07, 6.45) is 2.52. The Labute approximate surface area is 205 Å². The molecule has 0 saturated carbocycles. The molecule has 2 heterocycles. The lowest BCUT2D eigenvalue weighted by molar-refractivity contribution is -0.384. The van der Waals surface area contributed by atoms with Crippen LogP contribution in [0.25, 0.3) is 0 Å². The zero-order valence-electron chi connectivity index (χ0n) is 20.4. The molecular formula is C26H33N5O4. The maximum absolute atomic E-state index is 12.8. The van der Waals surface area contributed by atoms with E-state index in [-0.39, 0.29) is 17.2 Å². The lowest BCUT2D eigenvalue weighted by Crippen LogP contribution is -2.48. The summed E-state index contributed by atoms with van der Waals surface area (Å²) in [5, 5.41) is 14.6. The van der Waals surface area contributed by atoms with E-state index in [0.29, 0.717) is 37.6 Å². The van der Waals surface area contributed by atoms with Gasteiger partial charge in [-0.2, -0.15) is 0 Å². The average Bonchev–Trinajstić information content (AvgIpc) is 2.85. The second-order valence-corrected chi connectivity index (χ2v) is 9.59. The van der Waals surface area contributed by atoms with Gasteiger partial charge >= 0.3 is 0 Å². The van der Waals surface area contributed by atoms with Gasteiger partial charge in [-0.05, 0) is 55.1 Å². The SMILES string of the molecule is CC(=O)N1CCN(c2ccc(C(=O)Nc3ccc(CN4CCCC(C)C4)cc3)cc2[N+](=O)[O-])CC1. The van der Waals surface area contributed by atoms with Crippen LogP contribution in [0.1, 0.15) is 42.6 Å². The van der Waals surface area contributed by atoms with E-state index in [1.807, 2.05) is 29.2 Å². The molecule has 1 N–H and O–H groups in total. The number of carbonyl (C=O) groups excluding carboxylic acids is 2. The van der Waals surface area contributed by atoms with Crippen molar-refractivity contribution in [3.63, 3.8) is 0 Å². The third kappa shape index (κ3) is 6.16. The van der Waals surface area contributed by atoms with Gasteiger partial charge in [0.25, 0.3) is 11.6 Å². The summed E-state index contributed by atoms with van der Waals surface area (Å²) in [5.41, 5.74) is 2.43. The molecule has 2 aliphatic heterocycles. The number of hydrogen-bond donors (Lipinski definition) is 1. The van der Waals surface area contributed by atoms with Gasteiger partial charge in [0.15, 0.2) is 0 Å². The predicted molar refractivity (Wildman–Crippen MR) is 136 cm³/mol. The van der Waals surface area contributed by atoms with Crippen LogP contribution in [-0.2, 0) is 11.3 Å². The second-order valence-electron chi connectivity index (χ2n) is 9.59. The van der Waals surface area contributed by atoms with Crippen LogP contribution in [0.15, 0.2) is 42.5 Å². The number of piperazine rings is 1. The standard InChI is InChI=1S/C26H33N5O4/c1-19-4-3-11-28(17-19)18-21-5-8-23(9-6-21)27-26(33)22-7-10-24(25(16-22)31(34)35)30-14-12-29(13-15-30)20(2)32/h5-10,16,19H,3-4,11-15,17-18H2,1-2H3,(H,27,33). The van der Waals surface area contributed by atoms with Crippen molar-refractivity contribution in [2.75, 3.05) is 49.5 Å². The number of nitrogens with zero attached hydrogens (tertiary/aromatic N) is 4. The number of hydrogen-bond acceptors (Lipinski definition) is 6. The van der Waals surface area contributed by atoms with E-state index < -0.39 is 10.8 Å². The number of likely N-dealkylation sites (tertiary alicyclic amines) is 1. The van der Waals surface area contributed by atoms with Gasteiger partial charge in [0.2, 0.25) is 5.91 Å². The quantitative estimate of drug-likeness (QED) is 0.501. The zero-order chi connectivity index (χ0) is 24.9. The number of piperidine rings is 1. The minimum atomic E-state index is -0.459. The van der Waals surface area contributed by atoms with Crippen LogP contribution in [0.3, 0.4) is 0 Å². The molecule has 35 heavy (non-hydrogen) atoms. The highest BCUT2D eigenvalue weighted by Crippen LogP contribution is 2.30. The Balaban J connectivity index is 1.40. The fourth-order valence-electron chi connectivity index (χ4n) is 4.93. The van der Waals surface area contributed by atoms with Crippen molar-refractivity contribution in [3.05, 3.63) is 63.7 Å². The number of benzene rings is 2. The molecule has 9 heteroatoms. The Morgan fingerprint density at radius 2 is 1.77 bits per heavy atom. The molecule has 2 aromatic rings. The van der Waals surface area contributed by atoms with Gasteiger partial charge in [-0.15, -0.1) is 0 Å². The molecule has 1 unspecified atom stereocenters. The maximum Gasteiger partial charge on any atom is 0.293 e. The first-order valence-electron chi connectivity index (χ1n) is 12.2. The van der Waals surface area contributed by atoms with E-state index in [4.69, 9.17) is 0 Å². The monoisotopic (exact) mass is 479 g/mol. The molecule has 0 aliphatic carbocycles. The van der Waals surface area contributed by atoms with Crippen LogP contribution < -0.4 is 10.2 Å². The molecule has 0 bridgehead atoms. The molecule has 2 aromatic carbocycles. The highest BCUT2D eigenvalue weighted by molar-refractivity contribution is 6.05. The molecule has 2 amide bonds. The molecule has 2 saturated heterocycles. The van der Waals surface area contributed by atoms with E-state index in [0.717, 1.165) is 25.6 Å². The highest BCUT2D eigenvalue weighted by Gasteiger charge is 2.26. The number of anilines is 2. The van der Waals surface area contributed by atoms with Crippen LogP contribution in [0.2, 0.25) is 0 Å². The summed E-state index contributed by atoms with van der Waals surface area (Å²) in [4.78, 5) is 41.8. The highest BCUT2D eigenvalue weighted by atomic mass is 16.6. The molecule has 9 nitrogen and oxygen atoms in total. The molecule has 0 radical (unpaired) electrons. The zero-order valence-corrected chi connectivity index (χ0v) is 20.4. The molecule has 4 rings (SSSR count). The molecule has 0 spiro atoms. The summed E-state index contributed by atoms with van der Waals surface area (Å²) in [5.74, 6) is 0.335.